The van der Waals surface area contributed by atoms with Crippen LogP contribution in [0.1, 0.15) is 47.0 Å². The molecular formula is C16H26O. The number of rotatable bonds is 7. The fourth-order valence-corrected chi connectivity index (χ4v) is 1.44. The first-order valence-corrected chi connectivity index (χ1v) is 6.29. The Morgan fingerprint density at radius 2 is 1.71 bits per heavy atom. The third kappa shape index (κ3) is 11.2. The number of aliphatic hydroxyl groups is 1. The van der Waals surface area contributed by atoms with Crippen molar-refractivity contribution < 1.29 is 5.11 Å². The lowest BCUT2D eigenvalue weighted by molar-refractivity contribution is 0.342. The second-order valence-corrected chi connectivity index (χ2v) is 4.64. The Morgan fingerprint density at radius 3 is 2.29 bits per heavy atom. The van der Waals surface area contributed by atoms with Gasteiger partial charge in [0.15, 0.2) is 0 Å². The molecule has 0 aliphatic carbocycles. The summed E-state index contributed by atoms with van der Waals surface area (Å²) in [7, 11) is 0. The van der Waals surface area contributed by atoms with E-state index in [0.29, 0.717) is 0 Å². The van der Waals surface area contributed by atoms with Gasteiger partial charge in [0.25, 0.3) is 0 Å². The Labute approximate surface area is 106 Å². The molecule has 1 nitrogen and oxygen atoms in total. The first-order chi connectivity index (χ1) is 8.06. The quantitative estimate of drug-likeness (QED) is 0.505. The predicted octanol–water partition coefficient (Wildman–Crippen LogP) is 4.56. The van der Waals surface area contributed by atoms with Crippen LogP contribution in [0, 0.1) is 0 Å². The Bertz CT molecular complexity index is 312. The van der Waals surface area contributed by atoms with E-state index in [0.717, 1.165) is 19.3 Å². The molecule has 0 radical (unpaired) electrons. The van der Waals surface area contributed by atoms with Crippen molar-refractivity contribution in [2.24, 2.45) is 0 Å². The van der Waals surface area contributed by atoms with Crippen molar-refractivity contribution in [1.29, 1.82) is 0 Å². The van der Waals surface area contributed by atoms with Gasteiger partial charge in [0.1, 0.15) is 0 Å². The number of hydrogen-bond donors (Lipinski definition) is 1. The topological polar surface area (TPSA) is 20.2 Å². The fourth-order valence-electron chi connectivity index (χ4n) is 1.44. The molecule has 17 heavy (non-hydrogen) atoms. The molecule has 0 bridgehead atoms. The van der Waals surface area contributed by atoms with Crippen molar-refractivity contribution in [3.05, 3.63) is 47.1 Å². The van der Waals surface area contributed by atoms with E-state index in [4.69, 9.17) is 5.11 Å². The van der Waals surface area contributed by atoms with Crippen LogP contribution in [0.25, 0.3) is 0 Å². The van der Waals surface area contributed by atoms with Crippen LogP contribution in [0.15, 0.2) is 47.1 Å². The highest BCUT2D eigenvalue weighted by Crippen LogP contribution is 2.08. The van der Waals surface area contributed by atoms with Crippen LogP contribution in [0.4, 0.5) is 0 Å². The summed E-state index contributed by atoms with van der Waals surface area (Å²) in [6.45, 7) is 8.63. The summed E-state index contributed by atoms with van der Waals surface area (Å²) in [6, 6.07) is 0. The molecular weight excluding hydrogens is 208 g/mol. The smallest absolute Gasteiger partial charge is 0.0615 e. The maximum absolute atomic E-state index is 8.64. The molecule has 96 valence electrons. The summed E-state index contributed by atoms with van der Waals surface area (Å²) < 4.78 is 0. The van der Waals surface area contributed by atoms with E-state index in [2.05, 4.69) is 45.9 Å². The number of aliphatic hydroxyl groups excluding tert-OH is 1. The Hall–Kier alpha value is -1.08. The normalized spacial score (nSPS) is 13.2. The first-order valence-electron chi connectivity index (χ1n) is 6.29. The minimum atomic E-state index is 0.114. The lowest BCUT2D eigenvalue weighted by Crippen LogP contribution is -1.78. The molecule has 0 atom stereocenters. The minimum Gasteiger partial charge on any atom is -0.392 e. The van der Waals surface area contributed by atoms with Crippen LogP contribution >= 0.6 is 0 Å². The second-order valence-electron chi connectivity index (χ2n) is 4.64. The average Bonchev–Trinajstić information content (AvgIpc) is 2.25. The summed E-state index contributed by atoms with van der Waals surface area (Å²) >= 11 is 0. The van der Waals surface area contributed by atoms with Gasteiger partial charge < -0.3 is 5.11 Å². The predicted molar refractivity (Wildman–Crippen MR) is 77.0 cm³/mol. The first kappa shape index (κ1) is 15.9. The third-order valence-electron chi connectivity index (χ3n) is 2.48. The van der Waals surface area contributed by atoms with E-state index in [1.54, 1.807) is 6.08 Å². The summed E-state index contributed by atoms with van der Waals surface area (Å²) in [5, 5.41) is 8.64. The molecule has 0 aromatic rings. The molecule has 0 spiro atoms. The largest absolute Gasteiger partial charge is 0.392 e. The van der Waals surface area contributed by atoms with Gasteiger partial charge in [0.05, 0.1) is 6.61 Å². The molecule has 0 aliphatic rings. The maximum atomic E-state index is 8.64. The zero-order valence-electron chi connectivity index (χ0n) is 11.7. The minimum absolute atomic E-state index is 0.114. The Balaban J connectivity index is 3.98. The van der Waals surface area contributed by atoms with Gasteiger partial charge in [-0.15, -0.1) is 0 Å². The molecule has 0 fully saturated rings. The maximum Gasteiger partial charge on any atom is 0.0615 e. The molecule has 0 heterocycles. The summed E-state index contributed by atoms with van der Waals surface area (Å²) in [6.07, 6.45) is 13.7. The standard InChI is InChI=1S/C16H26O/c1-14(2)8-5-9-15(3)10-6-11-16(4)12-7-13-17/h7-8,10-12,17H,5-6,9,13H2,1-4H3/b12-7+,15-10-,16-11+. The van der Waals surface area contributed by atoms with E-state index in [1.165, 1.54) is 16.7 Å². The van der Waals surface area contributed by atoms with Crippen LogP contribution in [0.2, 0.25) is 0 Å². The molecule has 0 saturated heterocycles. The van der Waals surface area contributed by atoms with Gasteiger partial charge in [-0.2, -0.15) is 0 Å². The molecule has 1 heteroatoms. The molecule has 0 unspecified atom stereocenters. The van der Waals surface area contributed by atoms with Gasteiger partial charge in [-0.05, 0) is 47.0 Å². The van der Waals surface area contributed by atoms with Crippen LogP contribution in [-0.4, -0.2) is 11.7 Å². The summed E-state index contributed by atoms with van der Waals surface area (Å²) in [4.78, 5) is 0. The number of allylic oxidation sites excluding steroid dienone is 7. The van der Waals surface area contributed by atoms with Gasteiger partial charge in [-0.3, -0.25) is 0 Å². The molecule has 0 aromatic carbocycles. The van der Waals surface area contributed by atoms with Crippen LogP contribution in [0.3, 0.4) is 0 Å². The van der Waals surface area contributed by atoms with E-state index in [-0.39, 0.29) is 6.61 Å². The van der Waals surface area contributed by atoms with Crippen LogP contribution in [0.5, 0.6) is 0 Å². The molecule has 0 rings (SSSR count). The molecule has 1 N–H and O–H groups in total. The van der Waals surface area contributed by atoms with Crippen molar-refractivity contribution >= 4 is 0 Å². The molecule has 0 saturated carbocycles. The SMILES string of the molecule is CC(C)=CCC/C(C)=C\C/C=C(C)/C=C/CO. The van der Waals surface area contributed by atoms with Crippen molar-refractivity contribution in [1.82, 2.24) is 0 Å². The van der Waals surface area contributed by atoms with Gasteiger partial charge in [0.2, 0.25) is 0 Å². The third-order valence-corrected chi connectivity index (χ3v) is 2.48. The highest BCUT2D eigenvalue weighted by molar-refractivity contribution is 5.17. The van der Waals surface area contributed by atoms with E-state index in [1.807, 2.05) is 6.08 Å². The van der Waals surface area contributed by atoms with Gasteiger partial charge in [-0.25, -0.2) is 0 Å². The van der Waals surface area contributed by atoms with E-state index >= 15 is 0 Å². The zero-order chi connectivity index (χ0) is 13.1. The van der Waals surface area contributed by atoms with Crippen LogP contribution < -0.4 is 0 Å². The average molecular weight is 234 g/mol. The van der Waals surface area contributed by atoms with Gasteiger partial charge in [0, 0.05) is 0 Å². The summed E-state index contributed by atoms with van der Waals surface area (Å²) in [5.41, 5.74) is 4.03. The monoisotopic (exact) mass is 234 g/mol. The highest BCUT2D eigenvalue weighted by atomic mass is 16.2. The van der Waals surface area contributed by atoms with E-state index < -0.39 is 0 Å². The van der Waals surface area contributed by atoms with Crippen LogP contribution in [-0.2, 0) is 0 Å². The lowest BCUT2D eigenvalue weighted by atomic mass is 10.1. The van der Waals surface area contributed by atoms with E-state index in [9.17, 15) is 0 Å². The number of hydrogen-bond acceptors (Lipinski definition) is 1. The van der Waals surface area contributed by atoms with Crippen molar-refractivity contribution in [2.45, 2.75) is 47.0 Å². The van der Waals surface area contributed by atoms with Crippen molar-refractivity contribution in [2.75, 3.05) is 6.61 Å². The lowest BCUT2D eigenvalue weighted by Gasteiger charge is -1.98. The van der Waals surface area contributed by atoms with Crippen molar-refractivity contribution in [3.8, 4) is 0 Å². The fraction of sp³-hybridized carbons (Fsp3) is 0.500. The highest BCUT2D eigenvalue weighted by Gasteiger charge is 1.88. The molecule has 0 amide bonds. The van der Waals surface area contributed by atoms with Crippen molar-refractivity contribution in [3.63, 3.8) is 0 Å². The zero-order valence-corrected chi connectivity index (χ0v) is 11.7. The molecule has 0 aliphatic heterocycles. The molecule has 0 aromatic heterocycles. The summed E-state index contributed by atoms with van der Waals surface area (Å²) in [5.74, 6) is 0. The van der Waals surface area contributed by atoms with Gasteiger partial charge in [-0.1, -0.05) is 47.1 Å². The Kier molecular flexibility index (Phi) is 9.46. The second kappa shape index (κ2) is 10.1. The van der Waals surface area contributed by atoms with Gasteiger partial charge >= 0.3 is 0 Å². The Morgan fingerprint density at radius 1 is 1.00 bits per heavy atom.